The maximum absolute atomic E-state index is 6.12. The van der Waals surface area contributed by atoms with Gasteiger partial charge in [-0.1, -0.05) is 19.8 Å². The Morgan fingerprint density at radius 3 is 2.74 bits per heavy atom. The first kappa shape index (κ1) is 26.9. The number of hydrogen-bond acceptors (Lipinski definition) is 9. The lowest BCUT2D eigenvalue weighted by Gasteiger charge is -2.22. The zero-order valence-electron chi connectivity index (χ0n) is 22.9. The lowest BCUT2D eigenvalue weighted by Crippen LogP contribution is -2.21. The Kier molecular flexibility index (Phi) is 9.13. The minimum Gasteiger partial charge on any atom is -0.490 e. The molecule has 0 atom stereocenters. The second-order valence-electron chi connectivity index (χ2n) is 9.09. The number of ether oxygens (including phenoxy) is 2. The highest BCUT2D eigenvalue weighted by molar-refractivity contribution is 5.90. The van der Waals surface area contributed by atoms with E-state index in [1.54, 1.807) is 12.5 Å². The number of rotatable bonds is 12. The second-order valence-corrected chi connectivity index (χ2v) is 9.09. The monoisotopic (exact) mass is 515 g/mol. The lowest BCUT2D eigenvalue weighted by molar-refractivity contribution is 0.340. The molecule has 2 aromatic heterocycles. The Morgan fingerprint density at radius 1 is 1.16 bits per heavy atom. The number of nitrogens with zero attached hydrogens (tertiary/aromatic N) is 6. The van der Waals surface area contributed by atoms with Crippen molar-refractivity contribution < 1.29 is 9.47 Å². The van der Waals surface area contributed by atoms with E-state index in [1.807, 2.05) is 68.4 Å². The Morgan fingerprint density at radius 2 is 2.03 bits per heavy atom. The normalized spacial score (nSPS) is 13.2. The molecule has 38 heavy (non-hydrogen) atoms. The molecule has 3 aromatic rings. The number of anilines is 3. The molecule has 0 aliphatic carbocycles. The SMILES string of the molecule is C/C=N\N1C=CC(Oc2ccc(Nc3ncnc4cc(OCC)c(N(C)CCCCC)nc34)cc2C)=CC1. The van der Waals surface area contributed by atoms with Crippen molar-refractivity contribution in [2.75, 3.05) is 37.0 Å². The van der Waals surface area contributed by atoms with Gasteiger partial charge >= 0.3 is 0 Å². The highest BCUT2D eigenvalue weighted by atomic mass is 16.5. The predicted octanol–water partition coefficient (Wildman–Crippen LogP) is 6.20. The first-order valence-corrected chi connectivity index (χ1v) is 13.2. The molecule has 0 bridgehead atoms. The van der Waals surface area contributed by atoms with Gasteiger partial charge in [0.05, 0.1) is 18.7 Å². The zero-order valence-corrected chi connectivity index (χ0v) is 22.9. The molecule has 1 N–H and O–H groups in total. The summed E-state index contributed by atoms with van der Waals surface area (Å²) in [5, 5.41) is 9.52. The van der Waals surface area contributed by atoms with Gasteiger partial charge < -0.3 is 19.7 Å². The minimum atomic E-state index is 0.560. The summed E-state index contributed by atoms with van der Waals surface area (Å²) < 4.78 is 12.0. The molecule has 3 heterocycles. The summed E-state index contributed by atoms with van der Waals surface area (Å²) in [4.78, 5) is 16.1. The van der Waals surface area contributed by atoms with Gasteiger partial charge in [0, 0.05) is 37.8 Å². The van der Waals surface area contributed by atoms with Crippen LogP contribution in [0.5, 0.6) is 11.5 Å². The third kappa shape index (κ3) is 6.59. The smallest absolute Gasteiger partial charge is 0.171 e. The summed E-state index contributed by atoms with van der Waals surface area (Å²) in [6.45, 7) is 10.2. The van der Waals surface area contributed by atoms with Gasteiger partial charge in [0.15, 0.2) is 17.4 Å². The Balaban J connectivity index is 1.56. The number of pyridine rings is 1. The van der Waals surface area contributed by atoms with Crippen LogP contribution in [0, 0.1) is 6.92 Å². The molecule has 0 saturated heterocycles. The number of unbranched alkanes of at least 4 members (excludes halogenated alkanes) is 2. The quantitative estimate of drug-likeness (QED) is 0.225. The average molecular weight is 516 g/mol. The van der Waals surface area contributed by atoms with E-state index in [2.05, 4.69) is 39.3 Å². The number of hydrazone groups is 1. The average Bonchev–Trinajstić information content (AvgIpc) is 2.91. The lowest BCUT2D eigenvalue weighted by atomic mass is 10.2. The van der Waals surface area contributed by atoms with Gasteiger partial charge in [-0.25, -0.2) is 15.0 Å². The van der Waals surface area contributed by atoms with E-state index >= 15 is 0 Å². The highest BCUT2D eigenvalue weighted by Gasteiger charge is 2.16. The van der Waals surface area contributed by atoms with Crippen LogP contribution in [0.15, 0.2) is 59.8 Å². The Bertz CT molecular complexity index is 1340. The van der Waals surface area contributed by atoms with E-state index in [0.29, 0.717) is 24.5 Å². The molecular formula is C29H37N7O2. The fraction of sp³-hybridized carbons (Fsp3) is 0.379. The molecule has 0 unspecified atom stereocenters. The highest BCUT2D eigenvalue weighted by Crippen LogP contribution is 2.33. The minimum absolute atomic E-state index is 0.560. The van der Waals surface area contributed by atoms with Gasteiger partial charge in [-0.3, -0.25) is 5.01 Å². The van der Waals surface area contributed by atoms with Gasteiger partial charge in [0.2, 0.25) is 0 Å². The molecule has 1 aromatic carbocycles. The predicted molar refractivity (Wildman–Crippen MR) is 154 cm³/mol. The fourth-order valence-corrected chi connectivity index (χ4v) is 4.18. The number of allylic oxidation sites excluding steroid dienone is 1. The van der Waals surface area contributed by atoms with E-state index in [0.717, 1.165) is 52.8 Å². The maximum atomic E-state index is 6.12. The molecule has 0 radical (unpaired) electrons. The fourth-order valence-electron chi connectivity index (χ4n) is 4.18. The third-order valence-electron chi connectivity index (χ3n) is 6.13. The van der Waals surface area contributed by atoms with E-state index < -0.39 is 0 Å². The van der Waals surface area contributed by atoms with Crippen molar-refractivity contribution in [1.29, 1.82) is 0 Å². The summed E-state index contributed by atoms with van der Waals surface area (Å²) in [6.07, 6.45) is 12.6. The number of hydrogen-bond donors (Lipinski definition) is 1. The molecule has 9 heteroatoms. The molecule has 4 rings (SSSR count). The number of fused-ring (bicyclic) bond motifs is 1. The van der Waals surface area contributed by atoms with Crippen LogP contribution < -0.4 is 19.7 Å². The largest absolute Gasteiger partial charge is 0.490 e. The van der Waals surface area contributed by atoms with Crippen molar-refractivity contribution >= 4 is 34.6 Å². The summed E-state index contributed by atoms with van der Waals surface area (Å²) in [5.74, 6) is 3.76. The van der Waals surface area contributed by atoms with Crippen LogP contribution in [0.3, 0.4) is 0 Å². The molecule has 0 saturated carbocycles. The van der Waals surface area contributed by atoms with Crippen molar-refractivity contribution in [3.63, 3.8) is 0 Å². The van der Waals surface area contributed by atoms with Gasteiger partial charge in [0.1, 0.15) is 23.4 Å². The summed E-state index contributed by atoms with van der Waals surface area (Å²) >= 11 is 0. The van der Waals surface area contributed by atoms with Crippen LogP contribution in [0.2, 0.25) is 0 Å². The van der Waals surface area contributed by atoms with Crippen LogP contribution >= 0.6 is 0 Å². The molecule has 0 amide bonds. The van der Waals surface area contributed by atoms with Crippen LogP contribution in [0.4, 0.5) is 17.3 Å². The van der Waals surface area contributed by atoms with Crippen LogP contribution in [-0.2, 0) is 0 Å². The van der Waals surface area contributed by atoms with Crippen LogP contribution in [-0.4, -0.2) is 52.9 Å². The first-order valence-electron chi connectivity index (χ1n) is 13.2. The number of aromatic nitrogens is 3. The molecule has 1 aliphatic rings. The number of nitrogens with one attached hydrogen (secondary N) is 1. The van der Waals surface area contributed by atoms with Gasteiger partial charge in [-0.05, 0) is 63.1 Å². The van der Waals surface area contributed by atoms with E-state index in [9.17, 15) is 0 Å². The van der Waals surface area contributed by atoms with Crippen molar-refractivity contribution in [1.82, 2.24) is 20.0 Å². The second kappa shape index (κ2) is 12.9. The van der Waals surface area contributed by atoms with Crippen LogP contribution in [0.1, 0.15) is 45.6 Å². The standard InChI is InChI=1S/C29H37N7O2/c1-6-9-10-15-35(5)29-26(37-8-3)19-24-27(34-29)28(31-20-30-24)33-22-11-12-25(21(4)18-22)38-23-13-16-36(17-14-23)32-7-2/h7,11-14,16,18-20H,6,8-10,15,17H2,1-5H3,(H,30,31,33)/b32-7-. The van der Waals surface area contributed by atoms with Gasteiger partial charge in [-0.2, -0.15) is 5.10 Å². The molecular weight excluding hydrogens is 478 g/mol. The van der Waals surface area contributed by atoms with E-state index in [4.69, 9.17) is 14.5 Å². The third-order valence-corrected chi connectivity index (χ3v) is 6.13. The van der Waals surface area contributed by atoms with Crippen molar-refractivity contribution in [3.8, 4) is 11.5 Å². The maximum Gasteiger partial charge on any atom is 0.171 e. The number of benzene rings is 1. The van der Waals surface area contributed by atoms with E-state index in [-0.39, 0.29) is 0 Å². The summed E-state index contributed by atoms with van der Waals surface area (Å²) in [7, 11) is 2.05. The summed E-state index contributed by atoms with van der Waals surface area (Å²) in [5.41, 5.74) is 3.31. The molecule has 9 nitrogen and oxygen atoms in total. The topological polar surface area (TPSA) is 88.0 Å². The van der Waals surface area contributed by atoms with Gasteiger partial charge in [-0.15, -0.1) is 0 Å². The first-order chi connectivity index (χ1) is 18.5. The van der Waals surface area contributed by atoms with E-state index in [1.165, 1.54) is 12.8 Å². The van der Waals surface area contributed by atoms with Crippen LogP contribution in [0.25, 0.3) is 11.0 Å². The number of aryl methyl sites for hydroxylation is 1. The van der Waals surface area contributed by atoms with Crippen molar-refractivity contribution in [2.45, 2.75) is 47.0 Å². The van der Waals surface area contributed by atoms with Crippen molar-refractivity contribution in [3.05, 3.63) is 60.3 Å². The molecule has 200 valence electrons. The Hall–Kier alpha value is -4.14. The summed E-state index contributed by atoms with van der Waals surface area (Å²) in [6, 6.07) is 7.92. The Labute approximate surface area is 224 Å². The van der Waals surface area contributed by atoms with Crippen molar-refractivity contribution in [2.24, 2.45) is 5.10 Å². The molecule has 0 fully saturated rings. The molecule has 0 spiro atoms. The van der Waals surface area contributed by atoms with Gasteiger partial charge in [0.25, 0.3) is 0 Å². The molecule has 1 aliphatic heterocycles. The zero-order chi connectivity index (χ0) is 26.9.